The highest BCUT2D eigenvalue weighted by atomic mass is 15.3. The van der Waals surface area contributed by atoms with Crippen LogP contribution >= 0.6 is 0 Å². The highest BCUT2D eigenvalue weighted by Gasteiger charge is 2.27. The van der Waals surface area contributed by atoms with Crippen molar-refractivity contribution in [2.24, 2.45) is 5.73 Å². The van der Waals surface area contributed by atoms with Gasteiger partial charge in [0.25, 0.3) is 0 Å². The van der Waals surface area contributed by atoms with Gasteiger partial charge in [0.2, 0.25) is 0 Å². The Morgan fingerprint density at radius 2 is 1.58 bits per heavy atom. The van der Waals surface area contributed by atoms with E-state index in [1.54, 1.807) is 10.7 Å². The maximum Gasteiger partial charge on any atom is 0.177 e. The molecule has 6 heteroatoms. The van der Waals surface area contributed by atoms with Crippen LogP contribution < -0.4 is 16.8 Å². The fraction of sp³-hybridized carbons (Fsp3) is 0.280. The van der Waals surface area contributed by atoms with Gasteiger partial charge in [-0.1, -0.05) is 42.0 Å². The topological polar surface area (TPSA) is 94.3 Å². The number of fused-ring (bicyclic) bond motifs is 1. The molecule has 31 heavy (non-hydrogen) atoms. The summed E-state index contributed by atoms with van der Waals surface area (Å²) in [6.07, 6.45) is 7.64. The number of nitrogen functional groups attached to an aromatic ring is 1. The minimum absolute atomic E-state index is 0.284. The number of hydrogen-bond donors (Lipinski definition) is 3. The summed E-state index contributed by atoms with van der Waals surface area (Å²) in [7, 11) is 0. The molecule has 1 saturated carbocycles. The molecule has 158 valence electrons. The largest absolute Gasteiger partial charge is 0.382 e. The van der Waals surface area contributed by atoms with Gasteiger partial charge in [0.1, 0.15) is 5.82 Å². The predicted molar refractivity (Wildman–Crippen MR) is 126 cm³/mol. The monoisotopic (exact) mass is 412 g/mol. The Kier molecular flexibility index (Phi) is 5.08. The summed E-state index contributed by atoms with van der Waals surface area (Å²) < 4.78 is 1.75. The van der Waals surface area contributed by atoms with Gasteiger partial charge in [0.15, 0.2) is 5.65 Å². The zero-order valence-electron chi connectivity index (χ0n) is 17.8. The van der Waals surface area contributed by atoms with Gasteiger partial charge in [0.05, 0.1) is 5.69 Å². The van der Waals surface area contributed by atoms with Crippen molar-refractivity contribution in [3.63, 3.8) is 0 Å². The molecule has 0 unspecified atom stereocenters. The van der Waals surface area contributed by atoms with Crippen LogP contribution in [-0.2, 0) is 0 Å². The van der Waals surface area contributed by atoms with Crippen molar-refractivity contribution in [3.8, 4) is 11.1 Å². The van der Waals surface area contributed by atoms with E-state index in [-0.39, 0.29) is 6.04 Å². The first kappa shape index (κ1) is 19.6. The van der Waals surface area contributed by atoms with Gasteiger partial charge in [-0.15, -0.1) is 5.10 Å². The van der Waals surface area contributed by atoms with Crippen molar-refractivity contribution in [2.75, 3.05) is 11.1 Å². The molecule has 1 aliphatic carbocycles. The molecule has 1 aliphatic rings. The molecule has 0 bridgehead atoms. The number of hydrogen-bond acceptors (Lipinski definition) is 5. The first-order valence-electron chi connectivity index (χ1n) is 10.9. The second-order valence-corrected chi connectivity index (χ2v) is 8.55. The Bertz CT molecular complexity index is 1190. The lowest BCUT2D eigenvalue weighted by Gasteiger charge is -2.28. The van der Waals surface area contributed by atoms with Crippen LogP contribution in [0.2, 0.25) is 0 Å². The van der Waals surface area contributed by atoms with Crippen LogP contribution in [0.1, 0.15) is 42.7 Å². The van der Waals surface area contributed by atoms with Crippen molar-refractivity contribution < 1.29 is 0 Å². The molecule has 2 aromatic heterocycles. The van der Waals surface area contributed by atoms with Crippen LogP contribution in [0, 0.1) is 6.92 Å². The predicted octanol–water partition coefficient (Wildman–Crippen LogP) is 5.02. The van der Waals surface area contributed by atoms with E-state index in [2.05, 4.69) is 70.9 Å². The number of anilines is 3. The van der Waals surface area contributed by atoms with E-state index in [9.17, 15) is 0 Å². The van der Waals surface area contributed by atoms with Crippen molar-refractivity contribution in [2.45, 2.75) is 44.6 Å². The van der Waals surface area contributed by atoms with Gasteiger partial charge in [-0.2, -0.15) is 0 Å². The number of aromatic nitrogens is 3. The molecule has 0 amide bonds. The molecule has 0 aliphatic heterocycles. The van der Waals surface area contributed by atoms with Crippen molar-refractivity contribution in [1.82, 2.24) is 14.6 Å². The molecule has 0 radical (unpaired) electrons. The molecule has 5 rings (SSSR count). The van der Waals surface area contributed by atoms with E-state index in [4.69, 9.17) is 11.5 Å². The SMILES string of the molecule is Cc1ccc(-c2ccc(Nc3c4nccn4nc(N)c3[C@H]3CC[C@H](N)CC3)cc2)cc1. The molecule has 4 aromatic rings. The lowest BCUT2D eigenvalue weighted by Crippen LogP contribution is -2.26. The number of nitrogens with two attached hydrogens (primary N) is 2. The van der Waals surface area contributed by atoms with Crippen LogP contribution in [0.5, 0.6) is 0 Å². The lowest BCUT2D eigenvalue weighted by molar-refractivity contribution is 0.396. The maximum atomic E-state index is 6.45. The zero-order valence-corrected chi connectivity index (χ0v) is 17.8. The quantitative estimate of drug-likeness (QED) is 0.438. The van der Waals surface area contributed by atoms with E-state index >= 15 is 0 Å². The Morgan fingerprint density at radius 1 is 0.935 bits per heavy atom. The molecule has 0 atom stereocenters. The smallest absolute Gasteiger partial charge is 0.177 e. The average molecular weight is 413 g/mol. The molecular formula is C25H28N6. The summed E-state index contributed by atoms with van der Waals surface area (Å²) in [5.74, 6) is 0.896. The minimum atomic E-state index is 0.284. The maximum absolute atomic E-state index is 6.45. The third-order valence-corrected chi connectivity index (χ3v) is 6.33. The van der Waals surface area contributed by atoms with Gasteiger partial charge in [-0.25, -0.2) is 9.50 Å². The Hall–Kier alpha value is -3.38. The lowest BCUT2D eigenvalue weighted by atomic mass is 9.81. The number of aryl methyl sites for hydroxylation is 1. The number of benzene rings is 2. The van der Waals surface area contributed by atoms with Crippen molar-refractivity contribution in [1.29, 1.82) is 0 Å². The summed E-state index contributed by atoms with van der Waals surface area (Å²) in [5.41, 5.74) is 20.0. The van der Waals surface area contributed by atoms with Crippen LogP contribution in [-0.4, -0.2) is 20.6 Å². The first-order chi connectivity index (χ1) is 15.1. The van der Waals surface area contributed by atoms with Crippen molar-refractivity contribution >= 4 is 22.8 Å². The molecule has 2 heterocycles. The van der Waals surface area contributed by atoms with E-state index in [0.29, 0.717) is 11.7 Å². The molecule has 2 aromatic carbocycles. The highest BCUT2D eigenvalue weighted by Crippen LogP contribution is 2.41. The normalized spacial score (nSPS) is 18.9. The van der Waals surface area contributed by atoms with Crippen LogP contribution in [0.25, 0.3) is 16.8 Å². The number of imidazole rings is 1. The second-order valence-electron chi connectivity index (χ2n) is 8.55. The summed E-state index contributed by atoms with van der Waals surface area (Å²) in [6, 6.07) is 17.3. The molecular weight excluding hydrogens is 384 g/mol. The Labute approximate surface area is 182 Å². The fourth-order valence-corrected chi connectivity index (χ4v) is 4.56. The Morgan fingerprint density at radius 3 is 2.26 bits per heavy atom. The van der Waals surface area contributed by atoms with Crippen molar-refractivity contribution in [3.05, 3.63) is 72.1 Å². The molecule has 1 fully saturated rings. The van der Waals surface area contributed by atoms with Gasteiger partial charge >= 0.3 is 0 Å². The number of rotatable bonds is 4. The van der Waals surface area contributed by atoms with Crippen LogP contribution in [0.3, 0.4) is 0 Å². The summed E-state index contributed by atoms with van der Waals surface area (Å²) in [6.45, 7) is 2.10. The third kappa shape index (κ3) is 3.86. The van der Waals surface area contributed by atoms with E-state index in [1.165, 1.54) is 16.7 Å². The summed E-state index contributed by atoms with van der Waals surface area (Å²) in [4.78, 5) is 4.56. The minimum Gasteiger partial charge on any atom is -0.382 e. The van der Waals surface area contributed by atoms with Gasteiger partial charge in [0, 0.05) is 29.7 Å². The van der Waals surface area contributed by atoms with Gasteiger partial charge in [-0.3, -0.25) is 0 Å². The van der Waals surface area contributed by atoms with E-state index in [1.807, 2.05) is 6.20 Å². The highest BCUT2D eigenvalue weighted by molar-refractivity contribution is 5.81. The second kappa shape index (κ2) is 8.04. The van der Waals surface area contributed by atoms with Gasteiger partial charge in [-0.05, 0) is 61.8 Å². The molecule has 0 saturated heterocycles. The van der Waals surface area contributed by atoms with Gasteiger partial charge < -0.3 is 16.8 Å². The van der Waals surface area contributed by atoms with Crippen LogP contribution in [0.15, 0.2) is 60.9 Å². The number of nitrogens with zero attached hydrogens (tertiary/aromatic N) is 3. The Balaban J connectivity index is 1.50. The molecule has 0 spiro atoms. The third-order valence-electron chi connectivity index (χ3n) is 6.33. The standard InChI is InChI=1S/C25H28N6/c1-16-2-4-17(5-3-16)18-8-12-21(13-9-18)29-23-22(19-6-10-20(26)11-7-19)24(27)30-31-15-14-28-25(23)31/h2-5,8-9,12-15,19-20,29H,6-7,10-11,26H2,1H3,(H2,27,30)/t19-,20-. The zero-order chi connectivity index (χ0) is 21.4. The molecule has 5 N–H and O–H groups in total. The average Bonchev–Trinajstić information content (AvgIpc) is 3.24. The van der Waals surface area contributed by atoms with E-state index in [0.717, 1.165) is 48.3 Å². The van der Waals surface area contributed by atoms with E-state index < -0.39 is 0 Å². The first-order valence-corrected chi connectivity index (χ1v) is 10.9. The van der Waals surface area contributed by atoms with Crippen LogP contribution in [0.4, 0.5) is 17.2 Å². The summed E-state index contributed by atoms with van der Waals surface area (Å²) >= 11 is 0. The fourth-order valence-electron chi connectivity index (χ4n) is 4.56. The molecule has 6 nitrogen and oxygen atoms in total. The summed E-state index contributed by atoms with van der Waals surface area (Å²) in [5, 5.41) is 8.16. The number of nitrogens with one attached hydrogen (secondary N) is 1.